The standard InChI is InChI=1S/C8H18NO3/c1-7(12-8(2)10)6-9(3,4)11-5/h7H,6H2,1-5H3/q+1. The van der Waals surface area contributed by atoms with Gasteiger partial charge in [0.1, 0.15) is 6.54 Å². The van der Waals surface area contributed by atoms with Gasteiger partial charge < -0.3 is 4.74 Å². The first kappa shape index (κ1) is 11.4. The van der Waals surface area contributed by atoms with Gasteiger partial charge in [0.15, 0.2) is 6.10 Å². The fourth-order valence-electron chi connectivity index (χ4n) is 1.01. The van der Waals surface area contributed by atoms with Crippen molar-refractivity contribution in [1.82, 2.24) is 0 Å². The lowest BCUT2D eigenvalue weighted by Crippen LogP contribution is -2.44. The predicted molar refractivity (Wildman–Crippen MR) is 45.2 cm³/mol. The molecule has 0 saturated heterocycles. The van der Waals surface area contributed by atoms with Gasteiger partial charge in [0.25, 0.3) is 0 Å². The van der Waals surface area contributed by atoms with Crippen LogP contribution in [0.3, 0.4) is 0 Å². The van der Waals surface area contributed by atoms with Crippen LogP contribution in [-0.4, -0.2) is 44.5 Å². The van der Waals surface area contributed by atoms with Crippen molar-refractivity contribution in [3.63, 3.8) is 0 Å². The Hall–Kier alpha value is -0.610. The van der Waals surface area contributed by atoms with Crippen molar-refractivity contribution in [3.8, 4) is 0 Å². The van der Waals surface area contributed by atoms with E-state index in [2.05, 4.69) is 0 Å². The van der Waals surface area contributed by atoms with Crippen LogP contribution in [0.25, 0.3) is 0 Å². The second kappa shape index (κ2) is 4.42. The van der Waals surface area contributed by atoms with Crippen molar-refractivity contribution in [2.24, 2.45) is 0 Å². The average molecular weight is 176 g/mol. The summed E-state index contributed by atoms with van der Waals surface area (Å²) in [5.41, 5.74) is 0. The van der Waals surface area contributed by atoms with Crippen LogP contribution in [0.4, 0.5) is 0 Å². The number of carbonyl (C=O) groups is 1. The van der Waals surface area contributed by atoms with E-state index >= 15 is 0 Å². The van der Waals surface area contributed by atoms with Gasteiger partial charge in [-0.25, -0.2) is 4.84 Å². The van der Waals surface area contributed by atoms with Gasteiger partial charge in [-0.2, -0.15) is 4.65 Å². The smallest absolute Gasteiger partial charge is 0.303 e. The average Bonchev–Trinajstić information content (AvgIpc) is 1.84. The largest absolute Gasteiger partial charge is 0.457 e. The van der Waals surface area contributed by atoms with Crippen LogP contribution >= 0.6 is 0 Å². The van der Waals surface area contributed by atoms with Gasteiger partial charge in [-0.1, -0.05) is 0 Å². The minimum Gasteiger partial charge on any atom is -0.457 e. The van der Waals surface area contributed by atoms with Crippen LogP contribution in [0.1, 0.15) is 13.8 Å². The summed E-state index contributed by atoms with van der Waals surface area (Å²) in [7, 11) is 5.43. The Kier molecular flexibility index (Phi) is 4.20. The molecule has 1 unspecified atom stereocenters. The minimum absolute atomic E-state index is 0.113. The molecule has 4 nitrogen and oxygen atoms in total. The van der Waals surface area contributed by atoms with Crippen molar-refractivity contribution < 1.29 is 19.0 Å². The quantitative estimate of drug-likeness (QED) is 0.357. The molecule has 0 aliphatic rings. The molecule has 0 aromatic rings. The fourth-order valence-corrected chi connectivity index (χ4v) is 1.01. The highest BCUT2D eigenvalue weighted by Crippen LogP contribution is 2.02. The van der Waals surface area contributed by atoms with Gasteiger partial charge >= 0.3 is 5.97 Å². The van der Waals surface area contributed by atoms with Crippen molar-refractivity contribution >= 4 is 5.97 Å². The van der Waals surface area contributed by atoms with Crippen LogP contribution in [0.5, 0.6) is 0 Å². The predicted octanol–water partition coefficient (Wildman–Crippen LogP) is 0.576. The third-order valence-electron chi connectivity index (χ3n) is 1.56. The highest BCUT2D eigenvalue weighted by atomic mass is 16.7. The van der Waals surface area contributed by atoms with E-state index in [9.17, 15) is 4.79 Å². The molecule has 0 fully saturated rings. The Balaban J connectivity index is 3.83. The molecule has 0 spiro atoms. The number of quaternary nitrogens is 1. The minimum atomic E-state index is -0.251. The van der Waals surface area contributed by atoms with Gasteiger partial charge in [-0.15, -0.1) is 0 Å². The summed E-state index contributed by atoms with van der Waals surface area (Å²) < 4.78 is 5.34. The number of hydrogen-bond donors (Lipinski definition) is 0. The van der Waals surface area contributed by atoms with E-state index in [0.717, 1.165) is 0 Å². The lowest BCUT2D eigenvalue weighted by molar-refractivity contribution is -1.07. The highest BCUT2D eigenvalue weighted by molar-refractivity contribution is 5.66. The summed E-state index contributed by atoms with van der Waals surface area (Å²) in [6.45, 7) is 3.90. The second-order valence-corrected chi connectivity index (χ2v) is 3.36. The third-order valence-corrected chi connectivity index (χ3v) is 1.56. The Morgan fingerprint density at radius 1 is 1.50 bits per heavy atom. The van der Waals surface area contributed by atoms with Gasteiger partial charge in [-0.3, -0.25) is 4.79 Å². The Bertz CT molecular complexity index is 156. The van der Waals surface area contributed by atoms with Crippen LogP contribution in [0, 0.1) is 0 Å². The lowest BCUT2D eigenvalue weighted by Gasteiger charge is -2.27. The molecule has 1 atom stereocenters. The van der Waals surface area contributed by atoms with Gasteiger partial charge in [0.05, 0.1) is 21.2 Å². The van der Waals surface area contributed by atoms with E-state index in [1.807, 2.05) is 21.0 Å². The third kappa shape index (κ3) is 5.09. The summed E-state index contributed by atoms with van der Waals surface area (Å²) in [5, 5.41) is 0. The Morgan fingerprint density at radius 3 is 2.33 bits per heavy atom. The molecule has 12 heavy (non-hydrogen) atoms. The molecule has 0 heterocycles. The first-order valence-corrected chi connectivity index (χ1v) is 3.93. The molecule has 0 bridgehead atoms. The zero-order valence-electron chi connectivity index (χ0n) is 8.46. The molecule has 0 amide bonds. The second-order valence-electron chi connectivity index (χ2n) is 3.36. The zero-order valence-corrected chi connectivity index (χ0v) is 8.46. The van der Waals surface area contributed by atoms with E-state index in [-0.39, 0.29) is 12.1 Å². The number of rotatable bonds is 4. The summed E-state index contributed by atoms with van der Waals surface area (Å²) in [5.74, 6) is -0.251. The van der Waals surface area contributed by atoms with E-state index in [1.165, 1.54) is 6.92 Å². The number of ether oxygens (including phenoxy) is 1. The van der Waals surface area contributed by atoms with Crippen LogP contribution in [0.15, 0.2) is 0 Å². The molecule has 0 aromatic carbocycles. The normalized spacial score (nSPS) is 14.1. The summed E-state index contributed by atoms with van der Waals surface area (Å²) >= 11 is 0. The van der Waals surface area contributed by atoms with E-state index in [4.69, 9.17) is 9.57 Å². The number of esters is 1. The Morgan fingerprint density at radius 2 is 2.00 bits per heavy atom. The number of hydrogen-bond acceptors (Lipinski definition) is 3. The molecule has 0 saturated carbocycles. The van der Waals surface area contributed by atoms with Gasteiger partial charge in [0.2, 0.25) is 0 Å². The van der Waals surface area contributed by atoms with Crippen LogP contribution in [0.2, 0.25) is 0 Å². The maximum atomic E-state index is 10.6. The molecular weight excluding hydrogens is 158 g/mol. The van der Waals surface area contributed by atoms with E-state index < -0.39 is 0 Å². The highest BCUT2D eigenvalue weighted by Gasteiger charge is 2.20. The molecule has 0 N–H and O–H groups in total. The topological polar surface area (TPSA) is 35.5 Å². The van der Waals surface area contributed by atoms with Crippen molar-refractivity contribution in [2.75, 3.05) is 27.7 Å². The maximum Gasteiger partial charge on any atom is 0.303 e. The Labute approximate surface area is 73.6 Å². The molecular formula is C8H18NO3+. The lowest BCUT2D eigenvalue weighted by atomic mass is 10.4. The first-order valence-electron chi connectivity index (χ1n) is 3.93. The molecule has 0 rings (SSSR count). The molecule has 0 aromatic heterocycles. The monoisotopic (exact) mass is 176 g/mol. The molecule has 0 aliphatic carbocycles. The van der Waals surface area contributed by atoms with Crippen molar-refractivity contribution in [1.29, 1.82) is 0 Å². The number of likely N-dealkylation sites (N-methyl/N-ethyl adjacent to an activating group) is 1. The zero-order chi connectivity index (χ0) is 9.78. The van der Waals surface area contributed by atoms with E-state index in [1.54, 1.807) is 7.11 Å². The summed E-state index contributed by atoms with van der Waals surface area (Å²) in [6, 6.07) is 0. The van der Waals surface area contributed by atoms with Crippen molar-refractivity contribution in [3.05, 3.63) is 0 Å². The number of carbonyl (C=O) groups excluding carboxylic acids is 1. The maximum absolute atomic E-state index is 10.6. The number of nitrogens with zero attached hydrogens (tertiary/aromatic N) is 1. The van der Waals surface area contributed by atoms with Crippen LogP contribution in [-0.2, 0) is 14.4 Å². The van der Waals surface area contributed by atoms with Gasteiger partial charge in [0, 0.05) is 6.92 Å². The van der Waals surface area contributed by atoms with Gasteiger partial charge in [-0.05, 0) is 6.92 Å². The first-order chi connectivity index (χ1) is 5.37. The SMILES string of the molecule is CO[N+](C)(C)CC(C)OC(C)=O. The molecule has 0 aliphatic heterocycles. The van der Waals surface area contributed by atoms with Crippen molar-refractivity contribution in [2.45, 2.75) is 20.0 Å². The van der Waals surface area contributed by atoms with Crippen LogP contribution < -0.4 is 0 Å². The molecule has 4 heteroatoms. The molecule has 0 radical (unpaired) electrons. The fraction of sp³-hybridized carbons (Fsp3) is 0.875. The molecule has 72 valence electrons. The van der Waals surface area contributed by atoms with E-state index in [0.29, 0.717) is 11.2 Å². The number of hydroxylamine groups is 3. The summed E-state index contributed by atoms with van der Waals surface area (Å²) in [4.78, 5) is 15.7. The summed E-state index contributed by atoms with van der Waals surface area (Å²) in [6.07, 6.45) is -0.113.